The van der Waals surface area contributed by atoms with E-state index in [1.165, 1.54) is 0 Å². The van der Waals surface area contributed by atoms with Crippen molar-refractivity contribution >= 4 is 17.6 Å². The highest BCUT2D eigenvalue weighted by Gasteiger charge is 2.28. The van der Waals surface area contributed by atoms with Crippen LogP contribution in [0.25, 0.3) is 0 Å². The quantitative estimate of drug-likeness (QED) is 0.591. The summed E-state index contributed by atoms with van der Waals surface area (Å²) in [7, 11) is 0. The van der Waals surface area contributed by atoms with E-state index in [0.717, 1.165) is 44.1 Å². The SMILES string of the molecule is O=C(NCc1ccc(Cl)nc1)NCC1(O)CCCCCC1. The Kier molecular flexibility index (Phi) is 5.82. The van der Waals surface area contributed by atoms with E-state index in [0.29, 0.717) is 18.2 Å². The standard InChI is InChI=1S/C15H22ClN3O2/c16-13-6-5-12(9-17-13)10-18-14(20)19-11-15(21)7-3-1-2-4-8-15/h5-6,9,21H,1-4,7-8,10-11H2,(H2,18,19,20). The first kappa shape index (κ1) is 16.0. The molecule has 5 nitrogen and oxygen atoms in total. The third-order valence-electron chi connectivity index (χ3n) is 3.85. The van der Waals surface area contributed by atoms with E-state index >= 15 is 0 Å². The largest absolute Gasteiger partial charge is 0.388 e. The normalized spacial score (nSPS) is 17.8. The second kappa shape index (κ2) is 7.61. The molecule has 1 fully saturated rings. The molecule has 0 radical (unpaired) electrons. The van der Waals surface area contributed by atoms with Gasteiger partial charge in [0.15, 0.2) is 0 Å². The van der Waals surface area contributed by atoms with Gasteiger partial charge in [0.05, 0.1) is 5.60 Å². The number of pyridine rings is 1. The Bertz CT molecular complexity index is 456. The molecule has 0 atom stereocenters. The number of aliphatic hydroxyl groups is 1. The Morgan fingerprint density at radius 1 is 1.24 bits per heavy atom. The minimum atomic E-state index is -0.754. The Balaban J connectivity index is 1.72. The third kappa shape index (κ3) is 5.52. The predicted molar refractivity (Wildman–Crippen MR) is 82.1 cm³/mol. The number of urea groups is 1. The maximum atomic E-state index is 11.8. The van der Waals surface area contributed by atoms with Gasteiger partial charge in [-0.1, -0.05) is 43.4 Å². The zero-order valence-corrected chi connectivity index (χ0v) is 12.8. The molecule has 6 heteroatoms. The number of amides is 2. The molecule has 0 unspecified atom stereocenters. The highest BCUT2D eigenvalue weighted by atomic mass is 35.5. The van der Waals surface area contributed by atoms with E-state index in [2.05, 4.69) is 15.6 Å². The predicted octanol–water partition coefficient (Wildman–Crippen LogP) is 2.62. The molecule has 1 aromatic rings. The highest BCUT2D eigenvalue weighted by Crippen LogP contribution is 2.26. The van der Waals surface area contributed by atoms with E-state index in [1.54, 1.807) is 12.3 Å². The third-order valence-corrected chi connectivity index (χ3v) is 4.08. The Morgan fingerprint density at radius 3 is 2.57 bits per heavy atom. The molecule has 0 bridgehead atoms. The molecule has 1 aliphatic carbocycles. The van der Waals surface area contributed by atoms with Crippen molar-refractivity contribution in [2.75, 3.05) is 6.54 Å². The molecule has 116 valence electrons. The van der Waals surface area contributed by atoms with Crippen LogP contribution in [0, 0.1) is 0 Å². The molecule has 0 spiro atoms. The van der Waals surface area contributed by atoms with Gasteiger partial charge in [0.1, 0.15) is 5.15 Å². The molecule has 1 saturated carbocycles. The minimum absolute atomic E-state index is 0.275. The van der Waals surface area contributed by atoms with Crippen molar-refractivity contribution in [1.29, 1.82) is 0 Å². The van der Waals surface area contributed by atoms with Crippen molar-refractivity contribution in [3.63, 3.8) is 0 Å². The summed E-state index contributed by atoms with van der Waals surface area (Å²) < 4.78 is 0. The van der Waals surface area contributed by atoms with Crippen LogP contribution in [0.1, 0.15) is 44.1 Å². The average Bonchev–Trinajstić information content (AvgIpc) is 2.70. The number of carbonyl (C=O) groups is 1. The lowest BCUT2D eigenvalue weighted by Gasteiger charge is -2.26. The van der Waals surface area contributed by atoms with Crippen molar-refractivity contribution in [3.8, 4) is 0 Å². The fraction of sp³-hybridized carbons (Fsp3) is 0.600. The van der Waals surface area contributed by atoms with Crippen LogP contribution in [0.4, 0.5) is 4.79 Å². The molecule has 1 aromatic heterocycles. The summed E-state index contributed by atoms with van der Waals surface area (Å²) in [5.41, 5.74) is 0.123. The average molecular weight is 312 g/mol. The lowest BCUT2D eigenvalue weighted by Crippen LogP contribution is -2.46. The zero-order valence-electron chi connectivity index (χ0n) is 12.1. The highest BCUT2D eigenvalue weighted by molar-refractivity contribution is 6.29. The molecule has 2 amide bonds. The summed E-state index contributed by atoms with van der Waals surface area (Å²) in [6, 6.07) is 3.22. The summed E-state index contributed by atoms with van der Waals surface area (Å²) in [6.07, 6.45) is 7.52. The molecule has 0 aliphatic heterocycles. The molecule has 0 aromatic carbocycles. The van der Waals surface area contributed by atoms with Gasteiger partial charge in [-0.25, -0.2) is 9.78 Å². The topological polar surface area (TPSA) is 74.2 Å². The van der Waals surface area contributed by atoms with Crippen LogP contribution in [-0.4, -0.2) is 28.3 Å². The fourth-order valence-corrected chi connectivity index (χ4v) is 2.68. The second-order valence-corrected chi connectivity index (χ2v) is 6.05. The molecular formula is C15H22ClN3O2. The number of rotatable bonds is 4. The fourth-order valence-electron chi connectivity index (χ4n) is 2.56. The number of nitrogens with zero attached hydrogens (tertiary/aromatic N) is 1. The van der Waals surface area contributed by atoms with Gasteiger partial charge in [-0.2, -0.15) is 0 Å². The first-order valence-corrected chi connectivity index (χ1v) is 7.80. The molecule has 2 rings (SSSR count). The van der Waals surface area contributed by atoms with Gasteiger partial charge >= 0.3 is 6.03 Å². The molecular weight excluding hydrogens is 290 g/mol. The summed E-state index contributed by atoms with van der Waals surface area (Å²) in [6.45, 7) is 0.687. The van der Waals surface area contributed by atoms with Crippen LogP contribution in [-0.2, 0) is 6.54 Å². The number of hydrogen-bond donors (Lipinski definition) is 3. The number of hydrogen-bond acceptors (Lipinski definition) is 3. The number of carbonyl (C=O) groups excluding carboxylic acids is 1. The van der Waals surface area contributed by atoms with Gasteiger partial charge in [-0.3, -0.25) is 0 Å². The molecule has 21 heavy (non-hydrogen) atoms. The van der Waals surface area contributed by atoms with Gasteiger partial charge in [-0.15, -0.1) is 0 Å². The van der Waals surface area contributed by atoms with E-state index < -0.39 is 5.60 Å². The van der Waals surface area contributed by atoms with Crippen molar-refractivity contribution in [2.24, 2.45) is 0 Å². The van der Waals surface area contributed by atoms with Crippen LogP contribution >= 0.6 is 11.6 Å². The maximum absolute atomic E-state index is 11.8. The summed E-state index contributed by atoms with van der Waals surface area (Å²) in [4.78, 5) is 15.7. The van der Waals surface area contributed by atoms with E-state index in [9.17, 15) is 9.90 Å². The van der Waals surface area contributed by atoms with Crippen LogP contribution in [0.15, 0.2) is 18.3 Å². The Hall–Kier alpha value is -1.33. The van der Waals surface area contributed by atoms with Crippen LogP contribution < -0.4 is 10.6 Å². The van der Waals surface area contributed by atoms with E-state index in [1.807, 2.05) is 6.07 Å². The smallest absolute Gasteiger partial charge is 0.315 e. The lowest BCUT2D eigenvalue weighted by molar-refractivity contribution is 0.0277. The van der Waals surface area contributed by atoms with E-state index in [4.69, 9.17) is 11.6 Å². The van der Waals surface area contributed by atoms with E-state index in [-0.39, 0.29) is 6.03 Å². The van der Waals surface area contributed by atoms with Crippen molar-refractivity contribution < 1.29 is 9.90 Å². The van der Waals surface area contributed by atoms with Gasteiger partial charge in [0.25, 0.3) is 0 Å². The minimum Gasteiger partial charge on any atom is -0.388 e. The van der Waals surface area contributed by atoms with Crippen molar-refractivity contribution in [3.05, 3.63) is 29.0 Å². The number of halogens is 1. The molecule has 1 heterocycles. The summed E-state index contributed by atoms with van der Waals surface area (Å²) in [5, 5.41) is 16.4. The lowest BCUT2D eigenvalue weighted by atomic mass is 9.95. The van der Waals surface area contributed by atoms with Gasteiger partial charge in [0, 0.05) is 19.3 Å². The van der Waals surface area contributed by atoms with Gasteiger partial charge in [0.2, 0.25) is 0 Å². The second-order valence-electron chi connectivity index (χ2n) is 5.66. The maximum Gasteiger partial charge on any atom is 0.315 e. The monoisotopic (exact) mass is 311 g/mol. The number of aromatic nitrogens is 1. The van der Waals surface area contributed by atoms with Crippen LogP contribution in [0.5, 0.6) is 0 Å². The number of nitrogens with one attached hydrogen (secondary N) is 2. The first-order chi connectivity index (χ1) is 10.1. The molecule has 1 aliphatic rings. The van der Waals surface area contributed by atoms with Crippen LogP contribution in [0.3, 0.4) is 0 Å². The Morgan fingerprint density at radius 2 is 1.95 bits per heavy atom. The van der Waals surface area contributed by atoms with Crippen LogP contribution in [0.2, 0.25) is 5.15 Å². The van der Waals surface area contributed by atoms with Gasteiger partial charge in [-0.05, 0) is 24.5 Å². The van der Waals surface area contributed by atoms with Gasteiger partial charge < -0.3 is 15.7 Å². The molecule has 3 N–H and O–H groups in total. The van der Waals surface area contributed by atoms with Crippen molar-refractivity contribution in [1.82, 2.24) is 15.6 Å². The van der Waals surface area contributed by atoms with Crippen molar-refractivity contribution in [2.45, 2.75) is 50.7 Å². The first-order valence-electron chi connectivity index (χ1n) is 7.42. The molecule has 0 saturated heterocycles. The Labute approximate surface area is 130 Å². The zero-order chi connectivity index (χ0) is 15.1. The summed E-state index contributed by atoms with van der Waals surface area (Å²) in [5.74, 6) is 0. The summed E-state index contributed by atoms with van der Waals surface area (Å²) >= 11 is 5.70.